The lowest BCUT2D eigenvalue weighted by atomic mass is 10.00. The van der Waals surface area contributed by atoms with Gasteiger partial charge >= 0.3 is 0 Å². The topological polar surface area (TPSA) is 29.3 Å². The van der Waals surface area contributed by atoms with Crippen molar-refractivity contribution in [1.29, 1.82) is 0 Å². The lowest BCUT2D eigenvalue weighted by Gasteiger charge is -2.26. The van der Waals surface area contributed by atoms with E-state index in [1.807, 2.05) is 53.0 Å². The van der Waals surface area contributed by atoms with E-state index in [2.05, 4.69) is 144 Å². The van der Waals surface area contributed by atoms with Crippen molar-refractivity contribution in [1.82, 2.24) is 4.98 Å². The molecule has 0 fully saturated rings. The molecule has 9 aromatic carbocycles. The first-order valence-electron chi connectivity index (χ1n) is 18.1. The highest BCUT2D eigenvalue weighted by molar-refractivity contribution is 7.26. The number of oxazole rings is 1. The monoisotopic (exact) mass is 724 g/mol. The third-order valence-electron chi connectivity index (χ3n) is 10.8. The molecule has 0 aliphatic rings. The number of rotatable bonds is 4. The molecule has 12 aromatic rings. The van der Waals surface area contributed by atoms with Gasteiger partial charge in [0.15, 0.2) is 5.58 Å². The average molecular weight is 725 g/mol. The van der Waals surface area contributed by atoms with Crippen LogP contribution in [-0.2, 0) is 0 Å². The quantitative estimate of drug-likeness (QED) is 0.169. The van der Waals surface area contributed by atoms with Crippen LogP contribution in [0.5, 0.6) is 0 Å². The van der Waals surface area contributed by atoms with Crippen molar-refractivity contribution in [2.24, 2.45) is 0 Å². The fourth-order valence-electron chi connectivity index (χ4n) is 8.33. The normalized spacial score (nSPS) is 12.1. The van der Waals surface area contributed by atoms with Crippen LogP contribution in [0.1, 0.15) is 0 Å². The minimum atomic E-state index is 0.633. The molecule has 0 aliphatic heterocycles. The predicted molar refractivity (Wildman–Crippen MR) is 232 cm³/mol. The zero-order chi connectivity index (χ0) is 35.3. The van der Waals surface area contributed by atoms with Gasteiger partial charge in [-0.15, -0.1) is 22.7 Å². The minimum absolute atomic E-state index is 0.633. The van der Waals surface area contributed by atoms with Gasteiger partial charge in [-0.1, -0.05) is 97.1 Å². The molecule has 0 N–H and O–H groups in total. The van der Waals surface area contributed by atoms with E-state index in [0.29, 0.717) is 5.89 Å². The second-order valence-electron chi connectivity index (χ2n) is 13.9. The van der Waals surface area contributed by atoms with Gasteiger partial charge in [-0.3, -0.25) is 0 Å². The number of hydrogen-bond donors (Lipinski definition) is 0. The summed E-state index contributed by atoms with van der Waals surface area (Å²) in [6.45, 7) is 0. The fraction of sp³-hybridized carbons (Fsp3) is 0. The number of benzene rings is 9. The van der Waals surface area contributed by atoms with Gasteiger partial charge in [-0.05, 0) is 99.7 Å². The number of nitrogens with zero attached hydrogens (tertiary/aromatic N) is 2. The van der Waals surface area contributed by atoms with Crippen molar-refractivity contribution < 1.29 is 4.42 Å². The van der Waals surface area contributed by atoms with Crippen LogP contribution >= 0.6 is 22.7 Å². The highest BCUT2D eigenvalue weighted by Gasteiger charge is 2.20. The van der Waals surface area contributed by atoms with Crippen LogP contribution in [0.15, 0.2) is 174 Å². The van der Waals surface area contributed by atoms with Gasteiger partial charge in [0.05, 0.1) is 0 Å². The Labute approximate surface area is 317 Å². The summed E-state index contributed by atoms with van der Waals surface area (Å²) in [5.41, 5.74) is 5.95. The third kappa shape index (κ3) is 4.49. The Morgan fingerprint density at radius 3 is 1.96 bits per heavy atom. The van der Waals surface area contributed by atoms with Crippen LogP contribution in [0.3, 0.4) is 0 Å². The van der Waals surface area contributed by atoms with E-state index in [1.54, 1.807) is 0 Å². The summed E-state index contributed by atoms with van der Waals surface area (Å²) in [6.07, 6.45) is 0. The Balaban J connectivity index is 1.11. The van der Waals surface area contributed by atoms with Crippen LogP contribution < -0.4 is 4.90 Å². The fourth-order valence-corrected chi connectivity index (χ4v) is 10.6. The van der Waals surface area contributed by atoms with Crippen molar-refractivity contribution in [3.8, 4) is 11.5 Å². The summed E-state index contributed by atoms with van der Waals surface area (Å²) in [5.74, 6) is 0.633. The van der Waals surface area contributed by atoms with E-state index >= 15 is 0 Å². The first kappa shape index (κ1) is 30.0. The molecule has 0 spiro atoms. The predicted octanol–water partition coefficient (Wildman–Crippen LogP) is 15.2. The highest BCUT2D eigenvalue weighted by Crippen LogP contribution is 2.46. The molecule has 252 valence electrons. The zero-order valence-electron chi connectivity index (χ0n) is 28.8. The molecule has 0 bridgehead atoms. The first-order chi connectivity index (χ1) is 26.7. The lowest BCUT2D eigenvalue weighted by Crippen LogP contribution is -2.09. The Bertz CT molecular complexity index is 3470. The Morgan fingerprint density at radius 1 is 0.407 bits per heavy atom. The minimum Gasteiger partial charge on any atom is -0.435 e. The van der Waals surface area contributed by atoms with E-state index in [1.165, 1.54) is 51.1 Å². The summed E-state index contributed by atoms with van der Waals surface area (Å²) >= 11 is 3.72. The third-order valence-corrected chi connectivity index (χ3v) is 13.1. The molecule has 0 radical (unpaired) electrons. The Hall–Kier alpha value is -6.53. The van der Waals surface area contributed by atoms with Gasteiger partial charge in [0.2, 0.25) is 5.89 Å². The zero-order valence-corrected chi connectivity index (χ0v) is 30.4. The maximum absolute atomic E-state index is 6.61. The standard InChI is InChI=1S/C49H28N2OS2/c1-2-9-32(10-3-1)49-50-41-23-17-31-15-14-30-16-19-33(26-39(30)46(31)48(41)52-49)51(34-21-25-43-40(27-34)37-12-6-7-13-42(37)53-43)35-20-22-38-45(28-35)54-44-24-18-29-8-4-5-11-36(29)47(38)44/h1-28H. The molecule has 0 aliphatic carbocycles. The Morgan fingerprint density at radius 2 is 1.04 bits per heavy atom. The molecule has 3 heterocycles. The van der Waals surface area contributed by atoms with Crippen LogP contribution in [0.2, 0.25) is 0 Å². The molecule has 0 amide bonds. The van der Waals surface area contributed by atoms with Crippen molar-refractivity contribution in [3.63, 3.8) is 0 Å². The van der Waals surface area contributed by atoms with E-state index in [-0.39, 0.29) is 0 Å². The molecular weight excluding hydrogens is 697 g/mol. The maximum atomic E-state index is 6.61. The van der Waals surface area contributed by atoms with Crippen molar-refractivity contribution in [2.45, 2.75) is 0 Å². The molecule has 0 saturated heterocycles. The molecule has 0 atom stereocenters. The molecule has 12 rings (SSSR count). The van der Waals surface area contributed by atoms with Gasteiger partial charge in [0.25, 0.3) is 0 Å². The van der Waals surface area contributed by atoms with Crippen LogP contribution in [0, 0.1) is 0 Å². The smallest absolute Gasteiger partial charge is 0.227 e. The Kier molecular flexibility index (Phi) is 6.38. The number of anilines is 3. The number of aromatic nitrogens is 1. The van der Waals surface area contributed by atoms with E-state index in [4.69, 9.17) is 9.40 Å². The number of hydrogen-bond acceptors (Lipinski definition) is 5. The van der Waals surface area contributed by atoms with Gasteiger partial charge in [0, 0.05) is 68.4 Å². The van der Waals surface area contributed by atoms with E-state index in [0.717, 1.165) is 55.3 Å². The average Bonchev–Trinajstić information content (AvgIpc) is 3.94. The SMILES string of the molecule is c1ccc(-c2nc3ccc4ccc5ccc(N(c6ccc7c(c6)sc6ccc8ccccc8c67)c6ccc7sc8ccccc8c7c6)cc5c4c3o2)cc1. The summed E-state index contributed by atoms with van der Waals surface area (Å²) in [4.78, 5) is 7.35. The molecule has 3 aromatic heterocycles. The van der Waals surface area contributed by atoms with E-state index in [9.17, 15) is 0 Å². The van der Waals surface area contributed by atoms with Gasteiger partial charge < -0.3 is 9.32 Å². The lowest BCUT2D eigenvalue weighted by molar-refractivity contribution is 0.623. The number of fused-ring (bicyclic) bond motifs is 13. The van der Waals surface area contributed by atoms with E-state index < -0.39 is 0 Å². The van der Waals surface area contributed by atoms with Crippen LogP contribution in [-0.4, -0.2) is 4.98 Å². The van der Waals surface area contributed by atoms with Crippen molar-refractivity contribution in [3.05, 3.63) is 170 Å². The largest absolute Gasteiger partial charge is 0.435 e. The second-order valence-corrected chi connectivity index (χ2v) is 16.1. The van der Waals surface area contributed by atoms with Crippen LogP contribution in [0.4, 0.5) is 17.1 Å². The first-order valence-corrected chi connectivity index (χ1v) is 19.7. The van der Waals surface area contributed by atoms with Gasteiger partial charge in [-0.25, -0.2) is 4.98 Å². The highest BCUT2D eigenvalue weighted by atomic mass is 32.1. The molecule has 54 heavy (non-hydrogen) atoms. The maximum Gasteiger partial charge on any atom is 0.227 e. The molecule has 0 unspecified atom stereocenters. The summed E-state index contributed by atoms with van der Waals surface area (Å²) in [5, 5.41) is 12.3. The molecule has 3 nitrogen and oxygen atoms in total. The van der Waals surface area contributed by atoms with Crippen LogP contribution in [0.25, 0.3) is 95.2 Å². The molecule has 5 heteroatoms. The summed E-state index contributed by atoms with van der Waals surface area (Å²) in [6, 6.07) is 61.5. The van der Waals surface area contributed by atoms with Gasteiger partial charge in [0.1, 0.15) is 5.52 Å². The van der Waals surface area contributed by atoms with Crippen molar-refractivity contribution >= 4 is 123 Å². The summed E-state index contributed by atoms with van der Waals surface area (Å²) in [7, 11) is 0. The molecular formula is C49H28N2OS2. The number of thiophene rings is 2. The van der Waals surface area contributed by atoms with Gasteiger partial charge in [-0.2, -0.15) is 0 Å². The van der Waals surface area contributed by atoms with Crippen molar-refractivity contribution in [2.75, 3.05) is 4.90 Å². The second kappa shape index (κ2) is 11.5. The summed E-state index contributed by atoms with van der Waals surface area (Å²) < 4.78 is 11.8. The molecule has 0 saturated carbocycles.